The van der Waals surface area contributed by atoms with E-state index in [9.17, 15) is 0 Å². The van der Waals surface area contributed by atoms with Crippen molar-refractivity contribution in [1.82, 2.24) is 4.57 Å². The molecule has 0 amide bonds. The average Bonchev–Trinajstić information content (AvgIpc) is 3.06. The Labute approximate surface area is 165 Å². The van der Waals surface area contributed by atoms with Crippen molar-refractivity contribution in [1.29, 1.82) is 0 Å². The topological polar surface area (TPSA) is 29.6 Å². The highest BCUT2D eigenvalue weighted by atomic mass is 79.9. The van der Waals surface area contributed by atoms with Crippen LogP contribution in [-0.2, 0) is 6.54 Å². The zero-order chi connectivity index (χ0) is 18.2. The minimum absolute atomic E-state index is 0.684. The van der Waals surface area contributed by atoms with Crippen molar-refractivity contribution in [2.45, 2.75) is 6.54 Å². The molecule has 0 saturated carbocycles. The molecule has 0 aliphatic rings. The Morgan fingerprint density at radius 2 is 1.85 bits per heavy atom. The maximum Gasteiger partial charge on any atom is 0.211 e. The molecule has 0 aliphatic heterocycles. The lowest BCUT2D eigenvalue weighted by Gasteiger charge is -2.06. The van der Waals surface area contributed by atoms with Gasteiger partial charge in [0.2, 0.25) is 4.80 Å². The number of allylic oxidation sites excluding steroid dienone is 2. The molecule has 0 spiro atoms. The molecule has 3 aromatic rings. The number of hydrogen-bond donors (Lipinski definition) is 0. The molecule has 1 heterocycles. The van der Waals surface area contributed by atoms with Crippen LogP contribution in [0.15, 0.2) is 93.4 Å². The molecule has 0 fully saturated rings. The van der Waals surface area contributed by atoms with Gasteiger partial charge in [-0.1, -0.05) is 70.5 Å². The number of aromatic nitrogens is 1. The predicted octanol–water partition coefficient (Wildman–Crippen LogP) is 5.77. The highest BCUT2D eigenvalue weighted by Crippen LogP contribution is 2.22. The van der Waals surface area contributed by atoms with Gasteiger partial charge < -0.3 is 4.57 Å². The van der Waals surface area contributed by atoms with Crippen LogP contribution in [0.4, 0.5) is 0 Å². The van der Waals surface area contributed by atoms with Crippen molar-refractivity contribution in [3.63, 3.8) is 0 Å². The average molecular weight is 424 g/mol. The fourth-order valence-electron chi connectivity index (χ4n) is 2.41. The minimum Gasteiger partial charge on any atom is -0.311 e. The third-order valence-corrected chi connectivity index (χ3v) is 5.02. The van der Waals surface area contributed by atoms with Gasteiger partial charge in [0.1, 0.15) is 0 Å². The summed E-state index contributed by atoms with van der Waals surface area (Å²) in [4.78, 5) is 0.840. The molecule has 2 aromatic carbocycles. The van der Waals surface area contributed by atoms with E-state index < -0.39 is 0 Å². The van der Waals surface area contributed by atoms with Gasteiger partial charge in [-0.3, -0.25) is 0 Å². The van der Waals surface area contributed by atoms with Gasteiger partial charge in [-0.15, -0.1) is 23.0 Å². The molecule has 0 aliphatic carbocycles. The van der Waals surface area contributed by atoms with E-state index >= 15 is 0 Å². The summed E-state index contributed by atoms with van der Waals surface area (Å²) in [6.45, 7) is 4.54. The number of halogens is 1. The standard InChI is InChI=1S/C21H18BrN3S/c1-2-15-25-20(18-10-12-19(22)13-11-18)16-26-21(25)24-23-14-6-9-17-7-4-3-5-8-17/h2-14,16H,1,15H2. The summed E-state index contributed by atoms with van der Waals surface area (Å²) in [5.74, 6) is 0. The molecule has 0 radical (unpaired) electrons. The van der Waals surface area contributed by atoms with E-state index in [1.807, 2.05) is 60.7 Å². The highest BCUT2D eigenvalue weighted by Gasteiger charge is 2.06. The fourth-order valence-corrected chi connectivity index (χ4v) is 3.55. The monoisotopic (exact) mass is 423 g/mol. The predicted molar refractivity (Wildman–Crippen MR) is 115 cm³/mol. The lowest BCUT2D eigenvalue weighted by molar-refractivity contribution is 0.789. The molecule has 0 unspecified atom stereocenters. The number of hydrogen-bond acceptors (Lipinski definition) is 3. The second-order valence-corrected chi connectivity index (χ2v) is 7.20. The van der Waals surface area contributed by atoms with E-state index in [1.54, 1.807) is 17.6 Å². The Kier molecular flexibility index (Phi) is 6.52. The molecule has 0 bridgehead atoms. The van der Waals surface area contributed by atoms with Crippen LogP contribution in [0.1, 0.15) is 5.56 Å². The van der Waals surface area contributed by atoms with Crippen LogP contribution in [0.3, 0.4) is 0 Å². The summed E-state index contributed by atoms with van der Waals surface area (Å²) in [6.07, 6.45) is 7.45. The van der Waals surface area contributed by atoms with Crippen molar-refractivity contribution in [3.8, 4) is 11.3 Å². The van der Waals surface area contributed by atoms with Gasteiger partial charge >= 0.3 is 0 Å². The molecule has 0 saturated heterocycles. The second kappa shape index (κ2) is 9.27. The quantitative estimate of drug-likeness (QED) is 0.273. The van der Waals surface area contributed by atoms with Crippen molar-refractivity contribution in [2.24, 2.45) is 10.2 Å². The molecule has 3 nitrogen and oxygen atoms in total. The van der Waals surface area contributed by atoms with Gasteiger partial charge in [-0.05, 0) is 29.3 Å². The highest BCUT2D eigenvalue weighted by molar-refractivity contribution is 9.10. The van der Waals surface area contributed by atoms with Crippen LogP contribution in [0.5, 0.6) is 0 Å². The SMILES string of the molecule is C=CCn1c(-c2ccc(Br)cc2)csc1=NN=CC=Cc1ccccc1. The van der Waals surface area contributed by atoms with Crippen LogP contribution < -0.4 is 4.80 Å². The third kappa shape index (κ3) is 4.77. The lowest BCUT2D eigenvalue weighted by atomic mass is 10.2. The van der Waals surface area contributed by atoms with E-state index in [1.165, 1.54) is 0 Å². The molecular weight excluding hydrogens is 406 g/mol. The van der Waals surface area contributed by atoms with Crippen LogP contribution in [0.25, 0.3) is 17.3 Å². The Hall–Kier alpha value is -2.50. The van der Waals surface area contributed by atoms with E-state index in [-0.39, 0.29) is 0 Å². The number of nitrogens with zero attached hydrogens (tertiary/aromatic N) is 3. The van der Waals surface area contributed by atoms with Crippen LogP contribution >= 0.6 is 27.3 Å². The Bertz CT molecular complexity index is 980. The lowest BCUT2D eigenvalue weighted by Crippen LogP contribution is -2.14. The van der Waals surface area contributed by atoms with E-state index in [0.717, 1.165) is 26.1 Å². The molecule has 0 N–H and O–H groups in total. The number of rotatable bonds is 6. The van der Waals surface area contributed by atoms with Crippen molar-refractivity contribution >= 4 is 39.6 Å². The van der Waals surface area contributed by atoms with Gasteiger partial charge in [0.25, 0.3) is 0 Å². The molecule has 3 rings (SSSR count). The van der Waals surface area contributed by atoms with Crippen LogP contribution in [0, 0.1) is 0 Å². The number of benzene rings is 2. The van der Waals surface area contributed by atoms with Gasteiger partial charge in [0.05, 0.1) is 5.69 Å². The summed E-state index contributed by atoms with van der Waals surface area (Å²) in [6, 6.07) is 18.3. The fraction of sp³-hybridized carbons (Fsp3) is 0.0476. The van der Waals surface area contributed by atoms with E-state index in [4.69, 9.17) is 0 Å². The molecule has 5 heteroatoms. The van der Waals surface area contributed by atoms with Gasteiger partial charge in [0, 0.05) is 22.6 Å². The maximum absolute atomic E-state index is 4.36. The Balaban J connectivity index is 1.84. The first-order valence-corrected chi connectivity index (χ1v) is 9.79. The minimum atomic E-state index is 0.684. The third-order valence-electron chi connectivity index (χ3n) is 3.63. The zero-order valence-corrected chi connectivity index (χ0v) is 16.5. The van der Waals surface area contributed by atoms with Crippen LogP contribution in [0.2, 0.25) is 0 Å². The molecule has 1 aromatic heterocycles. The summed E-state index contributed by atoms with van der Waals surface area (Å²) < 4.78 is 3.17. The first-order chi connectivity index (χ1) is 12.8. The van der Waals surface area contributed by atoms with Crippen molar-refractivity contribution in [2.75, 3.05) is 0 Å². The Morgan fingerprint density at radius 1 is 1.08 bits per heavy atom. The van der Waals surface area contributed by atoms with Crippen LogP contribution in [-0.4, -0.2) is 10.8 Å². The van der Waals surface area contributed by atoms with E-state index in [0.29, 0.717) is 6.54 Å². The first kappa shape index (κ1) is 18.3. The molecular formula is C21H18BrN3S. The van der Waals surface area contributed by atoms with Gasteiger partial charge in [0.15, 0.2) is 0 Å². The van der Waals surface area contributed by atoms with E-state index in [2.05, 4.69) is 54.8 Å². The normalized spacial score (nSPS) is 12.3. The maximum atomic E-state index is 4.36. The Morgan fingerprint density at radius 3 is 2.58 bits per heavy atom. The number of thiazole rings is 1. The van der Waals surface area contributed by atoms with Crippen molar-refractivity contribution < 1.29 is 0 Å². The zero-order valence-electron chi connectivity index (χ0n) is 14.1. The summed E-state index contributed by atoms with van der Waals surface area (Å²) in [7, 11) is 0. The van der Waals surface area contributed by atoms with Crippen molar-refractivity contribution in [3.05, 3.63) is 93.5 Å². The first-order valence-electron chi connectivity index (χ1n) is 8.12. The summed E-state index contributed by atoms with van der Waals surface area (Å²) in [5, 5.41) is 10.6. The van der Waals surface area contributed by atoms with Gasteiger partial charge in [-0.25, -0.2) is 0 Å². The molecule has 0 atom stereocenters. The summed E-state index contributed by atoms with van der Waals surface area (Å²) in [5.41, 5.74) is 3.38. The summed E-state index contributed by atoms with van der Waals surface area (Å²) >= 11 is 5.04. The largest absolute Gasteiger partial charge is 0.311 e. The molecule has 130 valence electrons. The molecule has 26 heavy (non-hydrogen) atoms. The van der Waals surface area contributed by atoms with Gasteiger partial charge in [-0.2, -0.15) is 5.10 Å². The second-order valence-electron chi connectivity index (χ2n) is 5.44. The smallest absolute Gasteiger partial charge is 0.211 e.